The fourth-order valence-corrected chi connectivity index (χ4v) is 3.43. The number of benzene rings is 1. The van der Waals surface area contributed by atoms with E-state index in [1.165, 1.54) is 12.1 Å². The number of rotatable bonds is 7. The van der Waals surface area contributed by atoms with Gasteiger partial charge in [-0.25, -0.2) is 0 Å². The Labute approximate surface area is 150 Å². The topological polar surface area (TPSA) is 72.8 Å². The van der Waals surface area contributed by atoms with Gasteiger partial charge in [0.05, 0.1) is 11.6 Å². The third kappa shape index (κ3) is 5.18. The van der Waals surface area contributed by atoms with Gasteiger partial charge in [-0.1, -0.05) is 0 Å². The molecule has 0 bridgehead atoms. The lowest BCUT2D eigenvalue weighted by Crippen LogP contribution is -2.41. The normalized spacial score (nSPS) is 22.4. The minimum absolute atomic E-state index is 0.0621. The molecule has 8 heteroatoms. The van der Waals surface area contributed by atoms with Crippen LogP contribution < -0.4 is 5.32 Å². The number of anilines is 1. The van der Waals surface area contributed by atoms with E-state index in [-0.39, 0.29) is 31.0 Å². The highest BCUT2D eigenvalue weighted by Crippen LogP contribution is 2.31. The second-order valence-electron chi connectivity index (χ2n) is 6.74. The molecule has 0 aliphatic carbocycles. The molecule has 1 fully saturated rings. The number of carbonyl (C=O) groups is 1. The maximum atomic E-state index is 12.6. The largest absolute Gasteiger partial charge is 0.416 e. The Balaban J connectivity index is 1.96. The predicted octanol–water partition coefficient (Wildman–Crippen LogP) is 2.35. The smallest absolute Gasteiger partial charge is 0.396 e. The molecule has 1 heterocycles. The summed E-state index contributed by atoms with van der Waals surface area (Å²) in [6.45, 7) is 3.16. The highest BCUT2D eigenvalue weighted by Gasteiger charge is 2.36. The van der Waals surface area contributed by atoms with Crippen molar-refractivity contribution in [3.8, 4) is 0 Å². The number of hydrogen-bond acceptors (Lipinski definition) is 4. The quantitative estimate of drug-likeness (QED) is 0.685. The second-order valence-corrected chi connectivity index (χ2v) is 6.74. The molecule has 5 nitrogen and oxygen atoms in total. The van der Waals surface area contributed by atoms with Gasteiger partial charge in [-0.2, -0.15) is 13.2 Å². The first-order valence-electron chi connectivity index (χ1n) is 8.70. The molecule has 1 aliphatic heterocycles. The van der Waals surface area contributed by atoms with Gasteiger partial charge in [-0.15, -0.1) is 0 Å². The van der Waals surface area contributed by atoms with Gasteiger partial charge < -0.3 is 15.5 Å². The third-order valence-corrected chi connectivity index (χ3v) is 5.01. The molecule has 0 saturated carbocycles. The van der Waals surface area contributed by atoms with Crippen molar-refractivity contribution in [1.29, 1.82) is 0 Å². The van der Waals surface area contributed by atoms with Crippen LogP contribution in [-0.2, 0) is 11.0 Å². The molecule has 0 radical (unpaired) electrons. The van der Waals surface area contributed by atoms with Crippen LogP contribution in [0.2, 0.25) is 0 Å². The molecule has 2 rings (SSSR count). The highest BCUT2D eigenvalue weighted by atomic mass is 19.4. The maximum Gasteiger partial charge on any atom is 0.416 e. The molecule has 1 aromatic carbocycles. The summed E-state index contributed by atoms with van der Waals surface area (Å²) in [4.78, 5) is 14.4. The first-order chi connectivity index (χ1) is 12.3. The number of alkyl halides is 3. The van der Waals surface area contributed by atoms with Gasteiger partial charge in [0, 0.05) is 32.0 Å². The van der Waals surface area contributed by atoms with Crippen LogP contribution in [0.5, 0.6) is 0 Å². The third-order valence-electron chi connectivity index (χ3n) is 5.01. The summed E-state index contributed by atoms with van der Waals surface area (Å²) in [5.41, 5.74) is -0.449. The molecule has 26 heavy (non-hydrogen) atoms. The number of carbonyl (C=O) groups excluding carboxylic acids is 1. The van der Waals surface area contributed by atoms with Crippen LogP contribution in [0.4, 0.5) is 18.9 Å². The fraction of sp³-hybridized carbons (Fsp3) is 0.611. The average molecular weight is 374 g/mol. The number of amides is 1. The number of aliphatic hydroxyl groups is 2. The van der Waals surface area contributed by atoms with Crippen LogP contribution in [0.15, 0.2) is 24.3 Å². The van der Waals surface area contributed by atoms with Crippen molar-refractivity contribution in [2.24, 2.45) is 11.8 Å². The summed E-state index contributed by atoms with van der Waals surface area (Å²) in [5.74, 6) is 0.138. The Morgan fingerprint density at radius 3 is 2.08 bits per heavy atom. The SMILES string of the molecule is CC(C(=O)Nc1ccc(C(F)(F)F)cc1)N1C[C@@H](CCO)[C@@H](CCO)C1. The van der Waals surface area contributed by atoms with E-state index >= 15 is 0 Å². The zero-order valence-electron chi connectivity index (χ0n) is 14.7. The van der Waals surface area contributed by atoms with Crippen molar-refractivity contribution in [1.82, 2.24) is 4.90 Å². The summed E-state index contributed by atoms with van der Waals surface area (Å²) in [5, 5.41) is 21.0. The number of likely N-dealkylation sites (tertiary alicyclic amines) is 1. The Morgan fingerprint density at radius 1 is 1.15 bits per heavy atom. The summed E-state index contributed by atoms with van der Waals surface area (Å²) in [7, 11) is 0. The van der Waals surface area contributed by atoms with Crippen molar-refractivity contribution in [3.63, 3.8) is 0 Å². The first-order valence-corrected chi connectivity index (χ1v) is 8.70. The van der Waals surface area contributed by atoms with E-state index in [1.54, 1.807) is 6.92 Å². The molecule has 146 valence electrons. The van der Waals surface area contributed by atoms with Gasteiger partial charge in [-0.3, -0.25) is 9.69 Å². The van der Waals surface area contributed by atoms with Gasteiger partial charge in [0.2, 0.25) is 5.91 Å². The summed E-state index contributed by atoms with van der Waals surface area (Å²) < 4.78 is 37.8. The molecule has 0 aromatic heterocycles. The molecular formula is C18H25F3N2O3. The Bertz CT molecular complexity index is 578. The number of aliphatic hydroxyl groups excluding tert-OH is 2. The van der Waals surface area contributed by atoms with Crippen LogP contribution in [0, 0.1) is 11.8 Å². The molecular weight excluding hydrogens is 349 g/mol. The van der Waals surface area contributed by atoms with E-state index in [0.717, 1.165) is 12.1 Å². The lowest BCUT2D eigenvalue weighted by atomic mass is 9.91. The number of hydrogen-bond donors (Lipinski definition) is 3. The van der Waals surface area contributed by atoms with Crippen molar-refractivity contribution in [3.05, 3.63) is 29.8 Å². The van der Waals surface area contributed by atoms with E-state index in [9.17, 15) is 28.2 Å². The second kappa shape index (κ2) is 8.83. The number of halogens is 3. The van der Waals surface area contributed by atoms with Crippen molar-refractivity contribution >= 4 is 11.6 Å². The van der Waals surface area contributed by atoms with Crippen molar-refractivity contribution in [2.75, 3.05) is 31.6 Å². The highest BCUT2D eigenvalue weighted by molar-refractivity contribution is 5.94. The van der Waals surface area contributed by atoms with Gasteiger partial charge in [0.15, 0.2) is 0 Å². The van der Waals surface area contributed by atoms with Crippen molar-refractivity contribution < 1.29 is 28.2 Å². The molecule has 1 unspecified atom stereocenters. The minimum Gasteiger partial charge on any atom is -0.396 e. The monoisotopic (exact) mass is 374 g/mol. The van der Waals surface area contributed by atoms with Gasteiger partial charge >= 0.3 is 6.18 Å². The van der Waals surface area contributed by atoms with E-state index < -0.39 is 17.8 Å². The standard InChI is InChI=1S/C18H25F3N2O3/c1-12(23-10-13(6-8-24)14(11-23)7-9-25)17(26)22-16-4-2-15(3-5-16)18(19,20)21/h2-5,12-14,24-25H,6-11H2,1H3,(H,22,26)/t12?,13-,14+. The van der Waals surface area contributed by atoms with Crippen LogP contribution in [0.1, 0.15) is 25.3 Å². The van der Waals surface area contributed by atoms with Gasteiger partial charge in [-0.05, 0) is 55.9 Å². The summed E-state index contributed by atoms with van der Waals surface area (Å²) in [6.07, 6.45) is -3.17. The Hall–Kier alpha value is -1.64. The van der Waals surface area contributed by atoms with Crippen LogP contribution in [-0.4, -0.2) is 53.4 Å². The molecule has 1 amide bonds. The van der Waals surface area contributed by atoms with Crippen LogP contribution in [0.3, 0.4) is 0 Å². The molecule has 1 saturated heterocycles. The molecule has 3 atom stereocenters. The van der Waals surface area contributed by atoms with E-state index in [4.69, 9.17) is 0 Å². The Morgan fingerprint density at radius 2 is 1.65 bits per heavy atom. The van der Waals surface area contributed by atoms with E-state index in [1.807, 2.05) is 4.90 Å². The van der Waals surface area contributed by atoms with E-state index in [2.05, 4.69) is 5.32 Å². The van der Waals surface area contributed by atoms with Gasteiger partial charge in [0.25, 0.3) is 0 Å². The Kier molecular flexibility index (Phi) is 7.02. The summed E-state index contributed by atoms with van der Waals surface area (Å²) >= 11 is 0. The molecule has 0 spiro atoms. The minimum atomic E-state index is -4.41. The predicted molar refractivity (Wildman–Crippen MR) is 91.5 cm³/mol. The van der Waals surface area contributed by atoms with Gasteiger partial charge in [0.1, 0.15) is 0 Å². The zero-order valence-corrected chi connectivity index (χ0v) is 14.7. The molecule has 1 aliphatic rings. The summed E-state index contributed by atoms with van der Waals surface area (Å²) in [6, 6.07) is 3.89. The maximum absolute atomic E-state index is 12.6. The zero-order chi connectivity index (χ0) is 19.3. The number of nitrogens with one attached hydrogen (secondary N) is 1. The van der Waals surface area contributed by atoms with Crippen molar-refractivity contribution in [2.45, 2.75) is 32.0 Å². The molecule has 1 aromatic rings. The van der Waals surface area contributed by atoms with Crippen LogP contribution in [0.25, 0.3) is 0 Å². The fourth-order valence-electron chi connectivity index (χ4n) is 3.43. The first kappa shape index (κ1) is 20.7. The lowest BCUT2D eigenvalue weighted by Gasteiger charge is -2.23. The molecule has 3 N–H and O–H groups in total. The lowest BCUT2D eigenvalue weighted by molar-refractivity contribution is -0.137. The number of nitrogens with zero attached hydrogens (tertiary/aromatic N) is 1. The van der Waals surface area contributed by atoms with Crippen LogP contribution >= 0.6 is 0 Å². The van der Waals surface area contributed by atoms with E-state index in [0.29, 0.717) is 31.6 Å². The average Bonchev–Trinajstić information content (AvgIpc) is 2.97.